The summed E-state index contributed by atoms with van der Waals surface area (Å²) >= 11 is 0. The molecule has 2 N–H and O–H groups in total. The Morgan fingerprint density at radius 1 is 1.35 bits per heavy atom. The van der Waals surface area contributed by atoms with Crippen LogP contribution in [0.5, 0.6) is 0 Å². The molecule has 0 fully saturated rings. The molecule has 0 aliphatic heterocycles. The highest BCUT2D eigenvalue weighted by atomic mass is 16.3. The van der Waals surface area contributed by atoms with Gasteiger partial charge in [0.2, 0.25) is 0 Å². The van der Waals surface area contributed by atoms with Gasteiger partial charge in [-0.2, -0.15) is 0 Å². The van der Waals surface area contributed by atoms with Crippen molar-refractivity contribution in [3.05, 3.63) is 35.6 Å². The van der Waals surface area contributed by atoms with E-state index in [1.165, 1.54) is 0 Å². The van der Waals surface area contributed by atoms with Crippen LogP contribution in [0.1, 0.15) is 36.4 Å². The van der Waals surface area contributed by atoms with Crippen LogP contribution in [0, 0.1) is 12.8 Å². The maximum Gasteiger partial charge on any atom is 0.287 e. The Kier molecular flexibility index (Phi) is 4.45. The van der Waals surface area contributed by atoms with Gasteiger partial charge in [-0.3, -0.25) is 4.79 Å². The number of furan rings is 1. The standard InChI is InChI=1S/C16H21NO3/c1-10(2)8-12(18)9-17-16(19)15-11(3)13-6-4-5-7-14(13)20-15/h4-7,10,12,18H,8-9H2,1-3H3,(H,17,19). The summed E-state index contributed by atoms with van der Waals surface area (Å²) in [6, 6.07) is 7.56. The molecule has 0 aliphatic carbocycles. The molecule has 1 amide bonds. The van der Waals surface area contributed by atoms with Gasteiger partial charge in [0.05, 0.1) is 6.10 Å². The van der Waals surface area contributed by atoms with Crippen molar-refractivity contribution in [1.29, 1.82) is 0 Å². The molecular formula is C16H21NO3. The van der Waals surface area contributed by atoms with Gasteiger partial charge in [0.15, 0.2) is 5.76 Å². The third-order valence-corrected chi connectivity index (χ3v) is 3.29. The fourth-order valence-corrected chi connectivity index (χ4v) is 2.31. The largest absolute Gasteiger partial charge is 0.451 e. The summed E-state index contributed by atoms with van der Waals surface area (Å²) in [6.45, 7) is 6.18. The Bertz CT molecular complexity index is 601. The van der Waals surface area contributed by atoms with Gasteiger partial charge in [-0.1, -0.05) is 32.0 Å². The number of aliphatic hydroxyl groups is 1. The smallest absolute Gasteiger partial charge is 0.287 e. The number of rotatable bonds is 5. The summed E-state index contributed by atoms with van der Waals surface area (Å²) in [5.41, 5.74) is 1.54. The topological polar surface area (TPSA) is 62.5 Å². The quantitative estimate of drug-likeness (QED) is 0.882. The van der Waals surface area contributed by atoms with Crippen LogP contribution in [0.25, 0.3) is 11.0 Å². The van der Waals surface area contributed by atoms with Crippen molar-refractivity contribution in [3.8, 4) is 0 Å². The van der Waals surface area contributed by atoms with Gasteiger partial charge in [0.25, 0.3) is 5.91 Å². The SMILES string of the molecule is Cc1c(C(=O)NCC(O)CC(C)C)oc2ccccc12. The summed E-state index contributed by atoms with van der Waals surface area (Å²) < 4.78 is 5.58. The number of carbonyl (C=O) groups is 1. The van der Waals surface area contributed by atoms with Crippen molar-refractivity contribution in [2.24, 2.45) is 5.92 Å². The highest BCUT2D eigenvalue weighted by Crippen LogP contribution is 2.24. The van der Waals surface area contributed by atoms with Crippen LogP contribution in [-0.4, -0.2) is 23.7 Å². The van der Waals surface area contributed by atoms with Crippen LogP contribution >= 0.6 is 0 Å². The molecule has 0 saturated heterocycles. The molecule has 1 heterocycles. The highest BCUT2D eigenvalue weighted by Gasteiger charge is 2.18. The minimum absolute atomic E-state index is 0.244. The fourth-order valence-electron chi connectivity index (χ4n) is 2.31. The minimum atomic E-state index is -0.524. The predicted molar refractivity (Wildman–Crippen MR) is 78.7 cm³/mol. The van der Waals surface area contributed by atoms with Crippen LogP contribution in [0.15, 0.2) is 28.7 Å². The van der Waals surface area contributed by atoms with E-state index in [0.29, 0.717) is 23.7 Å². The lowest BCUT2D eigenvalue weighted by Crippen LogP contribution is -2.32. The molecule has 0 bridgehead atoms. The second kappa shape index (κ2) is 6.09. The number of nitrogens with one attached hydrogen (secondary N) is 1. The monoisotopic (exact) mass is 275 g/mol. The Balaban J connectivity index is 2.06. The van der Waals surface area contributed by atoms with E-state index in [-0.39, 0.29) is 12.5 Å². The molecule has 0 radical (unpaired) electrons. The van der Waals surface area contributed by atoms with Gasteiger partial charge in [-0.25, -0.2) is 0 Å². The van der Waals surface area contributed by atoms with Gasteiger partial charge in [0.1, 0.15) is 5.58 Å². The van der Waals surface area contributed by atoms with Gasteiger partial charge in [0, 0.05) is 17.5 Å². The molecule has 0 spiro atoms. The predicted octanol–water partition coefficient (Wildman–Crippen LogP) is 2.88. The van der Waals surface area contributed by atoms with E-state index in [0.717, 1.165) is 10.9 Å². The molecule has 4 nitrogen and oxygen atoms in total. The lowest BCUT2D eigenvalue weighted by Gasteiger charge is -2.13. The summed E-state index contributed by atoms with van der Waals surface area (Å²) in [7, 11) is 0. The lowest BCUT2D eigenvalue weighted by molar-refractivity contribution is 0.0875. The van der Waals surface area contributed by atoms with E-state index >= 15 is 0 Å². The number of hydrogen-bond acceptors (Lipinski definition) is 3. The number of benzene rings is 1. The zero-order valence-corrected chi connectivity index (χ0v) is 12.1. The molecule has 1 aromatic heterocycles. The molecule has 0 saturated carbocycles. The van der Waals surface area contributed by atoms with Crippen molar-refractivity contribution >= 4 is 16.9 Å². The van der Waals surface area contributed by atoms with Crippen molar-refractivity contribution in [2.45, 2.75) is 33.3 Å². The van der Waals surface area contributed by atoms with Crippen molar-refractivity contribution in [3.63, 3.8) is 0 Å². The zero-order chi connectivity index (χ0) is 14.7. The molecule has 2 rings (SSSR count). The molecule has 2 aromatic rings. The van der Waals surface area contributed by atoms with E-state index in [1.54, 1.807) is 0 Å². The molecule has 1 unspecified atom stereocenters. The first kappa shape index (κ1) is 14.6. The van der Waals surface area contributed by atoms with E-state index < -0.39 is 6.10 Å². The summed E-state index contributed by atoms with van der Waals surface area (Å²) in [5, 5.41) is 13.4. The minimum Gasteiger partial charge on any atom is -0.451 e. The number of aryl methyl sites for hydroxylation is 1. The van der Waals surface area contributed by atoms with E-state index in [4.69, 9.17) is 4.42 Å². The van der Waals surface area contributed by atoms with Crippen LogP contribution in [0.4, 0.5) is 0 Å². The van der Waals surface area contributed by atoms with Crippen LogP contribution in [-0.2, 0) is 0 Å². The summed E-state index contributed by atoms with van der Waals surface area (Å²) in [5.74, 6) is 0.444. The van der Waals surface area contributed by atoms with E-state index in [9.17, 15) is 9.90 Å². The molecule has 4 heteroatoms. The third-order valence-electron chi connectivity index (χ3n) is 3.29. The molecule has 1 atom stereocenters. The highest BCUT2D eigenvalue weighted by molar-refractivity contribution is 5.98. The Morgan fingerprint density at radius 2 is 2.05 bits per heavy atom. The second-order valence-electron chi connectivity index (χ2n) is 5.55. The number of fused-ring (bicyclic) bond motifs is 1. The van der Waals surface area contributed by atoms with E-state index in [2.05, 4.69) is 5.32 Å². The molecule has 0 aliphatic rings. The van der Waals surface area contributed by atoms with Gasteiger partial charge in [-0.15, -0.1) is 0 Å². The normalized spacial score (nSPS) is 12.8. The first-order valence-electron chi connectivity index (χ1n) is 6.93. The number of carbonyl (C=O) groups excluding carboxylic acids is 1. The van der Waals surface area contributed by atoms with E-state index in [1.807, 2.05) is 45.0 Å². The first-order valence-corrected chi connectivity index (χ1v) is 6.93. The number of aliphatic hydroxyl groups excluding tert-OH is 1. The van der Waals surface area contributed by atoms with Gasteiger partial charge in [-0.05, 0) is 25.3 Å². The number of hydrogen-bond donors (Lipinski definition) is 2. The van der Waals surface area contributed by atoms with Gasteiger partial charge < -0.3 is 14.8 Å². The lowest BCUT2D eigenvalue weighted by atomic mass is 10.1. The summed E-state index contributed by atoms with van der Waals surface area (Å²) in [4.78, 5) is 12.1. The Labute approximate surface area is 118 Å². The van der Waals surface area contributed by atoms with Crippen molar-refractivity contribution < 1.29 is 14.3 Å². The van der Waals surface area contributed by atoms with Crippen LogP contribution in [0.2, 0.25) is 0 Å². The molecule has 20 heavy (non-hydrogen) atoms. The average molecular weight is 275 g/mol. The zero-order valence-electron chi connectivity index (χ0n) is 12.1. The maximum absolute atomic E-state index is 12.1. The van der Waals surface area contributed by atoms with Crippen molar-refractivity contribution in [1.82, 2.24) is 5.32 Å². The Hall–Kier alpha value is -1.81. The molecular weight excluding hydrogens is 254 g/mol. The van der Waals surface area contributed by atoms with Crippen LogP contribution < -0.4 is 5.32 Å². The first-order chi connectivity index (χ1) is 9.49. The fraction of sp³-hybridized carbons (Fsp3) is 0.438. The average Bonchev–Trinajstić information content (AvgIpc) is 2.73. The third kappa shape index (κ3) is 3.20. The Morgan fingerprint density at radius 3 is 2.70 bits per heavy atom. The van der Waals surface area contributed by atoms with Gasteiger partial charge >= 0.3 is 0 Å². The van der Waals surface area contributed by atoms with Crippen LogP contribution in [0.3, 0.4) is 0 Å². The molecule has 1 aromatic carbocycles. The summed E-state index contributed by atoms with van der Waals surface area (Å²) in [6.07, 6.45) is 0.142. The number of amides is 1. The molecule has 108 valence electrons. The maximum atomic E-state index is 12.1. The second-order valence-corrected chi connectivity index (χ2v) is 5.55. The number of para-hydroxylation sites is 1. The van der Waals surface area contributed by atoms with Crippen molar-refractivity contribution in [2.75, 3.05) is 6.54 Å².